The third-order valence-electron chi connectivity index (χ3n) is 2.67. The number of rotatable bonds is 3. The van der Waals surface area contributed by atoms with E-state index < -0.39 is 0 Å². The van der Waals surface area contributed by atoms with Gasteiger partial charge in [0, 0.05) is 16.3 Å². The van der Waals surface area contributed by atoms with Gasteiger partial charge >= 0.3 is 0 Å². The third kappa shape index (κ3) is 3.12. The summed E-state index contributed by atoms with van der Waals surface area (Å²) in [5.74, 6) is -0.169. The predicted octanol–water partition coefficient (Wildman–Crippen LogP) is 2.96. The molecule has 19 heavy (non-hydrogen) atoms. The van der Waals surface area contributed by atoms with Gasteiger partial charge in [0.2, 0.25) is 0 Å². The number of carbonyl (C=O) groups excluding carboxylic acids is 1. The largest absolute Gasteiger partial charge is 0.398 e. The van der Waals surface area contributed by atoms with Crippen molar-refractivity contribution in [1.82, 2.24) is 0 Å². The van der Waals surface area contributed by atoms with Gasteiger partial charge in [0.25, 0.3) is 5.91 Å². The molecule has 1 aromatic heterocycles. The molecule has 0 bridgehead atoms. The van der Waals surface area contributed by atoms with Crippen molar-refractivity contribution >= 4 is 28.6 Å². The molecule has 96 valence electrons. The number of nitrogens with two attached hydrogens (primary N) is 1. The summed E-state index contributed by atoms with van der Waals surface area (Å²) < 4.78 is 0. The van der Waals surface area contributed by atoms with Crippen LogP contribution in [-0.2, 0) is 6.42 Å². The van der Waals surface area contributed by atoms with Gasteiger partial charge in [-0.15, -0.1) is 11.3 Å². The molecule has 0 saturated carbocycles. The third-order valence-corrected chi connectivity index (χ3v) is 3.74. The quantitative estimate of drug-likeness (QED) is 0.900. The molecule has 0 saturated heterocycles. The van der Waals surface area contributed by atoms with Gasteiger partial charge < -0.3 is 11.1 Å². The van der Waals surface area contributed by atoms with Crippen LogP contribution >= 0.6 is 11.3 Å². The first-order valence-corrected chi connectivity index (χ1v) is 6.55. The highest BCUT2D eigenvalue weighted by Crippen LogP contribution is 2.24. The number of nitriles is 1. The molecule has 2 rings (SSSR count). The van der Waals surface area contributed by atoms with Gasteiger partial charge in [0.15, 0.2) is 0 Å². The summed E-state index contributed by atoms with van der Waals surface area (Å²) in [7, 11) is 0. The van der Waals surface area contributed by atoms with Gasteiger partial charge in [-0.3, -0.25) is 4.79 Å². The second-order valence-corrected chi connectivity index (χ2v) is 5.36. The van der Waals surface area contributed by atoms with Crippen molar-refractivity contribution in [1.29, 1.82) is 5.26 Å². The van der Waals surface area contributed by atoms with Crippen LogP contribution in [0.25, 0.3) is 0 Å². The van der Waals surface area contributed by atoms with Crippen molar-refractivity contribution in [3.8, 4) is 6.07 Å². The van der Waals surface area contributed by atoms with Crippen LogP contribution in [0.15, 0.2) is 30.3 Å². The van der Waals surface area contributed by atoms with Gasteiger partial charge in [0.05, 0.1) is 17.4 Å². The summed E-state index contributed by atoms with van der Waals surface area (Å²) in [6.45, 7) is 1.88. The fourth-order valence-electron chi connectivity index (χ4n) is 1.60. The van der Waals surface area contributed by atoms with E-state index in [0.717, 1.165) is 10.4 Å². The summed E-state index contributed by atoms with van der Waals surface area (Å²) in [5, 5.41) is 11.4. The molecule has 0 atom stereocenters. The SMILES string of the molecule is Cc1sc(C(=O)Nc2ccc(CC#N)cc2)cc1N. The molecular formula is C14H13N3OS. The van der Waals surface area contributed by atoms with E-state index in [2.05, 4.69) is 11.4 Å². The standard InChI is InChI=1S/C14H13N3OS/c1-9-12(16)8-13(19-9)14(18)17-11-4-2-10(3-5-11)6-7-15/h2-5,8H,6,16H2,1H3,(H,17,18). The normalized spacial score (nSPS) is 9.89. The van der Waals surface area contributed by atoms with Crippen LogP contribution in [0.2, 0.25) is 0 Å². The number of hydrogen-bond donors (Lipinski definition) is 2. The van der Waals surface area contributed by atoms with Crippen molar-refractivity contribution in [3.63, 3.8) is 0 Å². The number of nitrogens with one attached hydrogen (secondary N) is 1. The lowest BCUT2D eigenvalue weighted by Gasteiger charge is -2.03. The number of hydrogen-bond acceptors (Lipinski definition) is 4. The highest BCUT2D eigenvalue weighted by molar-refractivity contribution is 7.14. The smallest absolute Gasteiger partial charge is 0.265 e. The van der Waals surface area contributed by atoms with E-state index in [4.69, 9.17) is 11.0 Å². The van der Waals surface area contributed by atoms with Gasteiger partial charge in [-0.05, 0) is 30.7 Å². The number of thiophene rings is 1. The molecule has 3 N–H and O–H groups in total. The summed E-state index contributed by atoms with van der Waals surface area (Å²) in [6.07, 6.45) is 0.370. The van der Waals surface area contributed by atoms with Crippen LogP contribution in [0, 0.1) is 18.3 Å². The zero-order chi connectivity index (χ0) is 13.8. The van der Waals surface area contributed by atoms with Crippen molar-refractivity contribution in [2.24, 2.45) is 0 Å². The molecule has 0 aliphatic rings. The number of benzene rings is 1. The van der Waals surface area contributed by atoms with Crippen LogP contribution in [0.4, 0.5) is 11.4 Å². The highest BCUT2D eigenvalue weighted by Gasteiger charge is 2.11. The summed E-state index contributed by atoms with van der Waals surface area (Å²) >= 11 is 1.37. The molecule has 0 aliphatic heterocycles. The molecule has 0 fully saturated rings. The number of nitrogen functional groups attached to an aromatic ring is 1. The van der Waals surface area contributed by atoms with Crippen LogP contribution in [-0.4, -0.2) is 5.91 Å². The second-order valence-electron chi connectivity index (χ2n) is 4.11. The molecular weight excluding hydrogens is 258 g/mol. The Morgan fingerprint density at radius 1 is 1.42 bits per heavy atom. The van der Waals surface area contributed by atoms with Gasteiger partial charge in [-0.1, -0.05) is 12.1 Å². The Bertz CT molecular complexity index is 618. The van der Waals surface area contributed by atoms with Gasteiger partial charge in [-0.2, -0.15) is 5.26 Å². The Labute approximate surface area is 115 Å². The Hall–Kier alpha value is -2.32. The number of nitrogens with zero attached hydrogens (tertiary/aromatic N) is 1. The Kier molecular flexibility index (Phi) is 3.83. The number of amides is 1. The molecule has 2 aromatic rings. The molecule has 1 amide bonds. The van der Waals surface area contributed by atoms with E-state index in [1.807, 2.05) is 19.1 Å². The highest BCUT2D eigenvalue weighted by atomic mass is 32.1. The predicted molar refractivity (Wildman–Crippen MR) is 77.2 cm³/mol. The molecule has 0 spiro atoms. The molecule has 4 nitrogen and oxygen atoms in total. The zero-order valence-corrected chi connectivity index (χ0v) is 11.3. The lowest BCUT2D eigenvalue weighted by atomic mass is 10.1. The lowest BCUT2D eigenvalue weighted by molar-refractivity contribution is 0.103. The van der Waals surface area contributed by atoms with Crippen molar-refractivity contribution < 1.29 is 4.79 Å². The van der Waals surface area contributed by atoms with E-state index in [1.165, 1.54) is 11.3 Å². The minimum Gasteiger partial charge on any atom is -0.398 e. The summed E-state index contributed by atoms with van der Waals surface area (Å²) in [5.41, 5.74) is 8.00. The van der Waals surface area contributed by atoms with Crippen molar-refractivity contribution in [2.75, 3.05) is 11.1 Å². The Balaban J connectivity index is 2.08. The van der Waals surface area contributed by atoms with E-state index in [1.54, 1.807) is 18.2 Å². The minimum absolute atomic E-state index is 0.169. The zero-order valence-electron chi connectivity index (χ0n) is 10.4. The van der Waals surface area contributed by atoms with Crippen LogP contribution in [0.1, 0.15) is 20.1 Å². The first-order valence-electron chi connectivity index (χ1n) is 5.73. The monoisotopic (exact) mass is 271 g/mol. The summed E-state index contributed by atoms with van der Waals surface area (Å²) in [6, 6.07) is 11.0. The fourth-order valence-corrected chi connectivity index (χ4v) is 2.43. The molecule has 0 unspecified atom stereocenters. The Morgan fingerprint density at radius 3 is 2.63 bits per heavy atom. The first-order chi connectivity index (χ1) is 9.10. The fraction of sp³-hybridized carbons (Fsp3) is 0.143. The average molecular weight is 271 g/mol. The van der Waals surface area contributed by atoms with E-state index in [9.17, 15) is 4.79 Å². The van der Waals surface area contributed by atoms with Crippen LogP contribution < -0.4 is 11.1 Å². The van der Waals surface area contributed by atoms with Crippen molar-refractivity contribution in [2.45, 2.75) is 13.3 Å². The summed E-state index contributed by atoms with van der Waals surface area (Å²) in [4.78, 5) is 13.5. The van der Waals surface area contributed by atoms with Crippen molar-refractivity contribution in [3.05, 3.63) is 45.6 Å². The van der Waals surface area contributed by atoms with E-state index in [-0.39, 0.29) is 5.91 Å². The molecule has 5 heteroatoms. The maximum atomic E-state index is 12.0. The lowest BCUT2D eigenvalue weighted by Crippen LogP contribution is -2.10. The topological polar surface area (TPSA) is 78.9 Å². The molecule has 0 radical (unpaired) electrons. The van der Waals surface area contributed by atoms with E-state index >= 15 is 0 Å². The van der Waals surface area contributed by atoms with E-state index in [0.29, 0.717) is 22.7 Å². The molecule has 1 aromatic carbocycles. The molecule has 0 aliphatic carbocycles. The van der Waals surface area contributed by atoms with Gasteiger partial charge in [0.1, 0.15) is 0 Å². The first kappa shape index (κ1) is 13.1. The second kappa shape index (κ2) is 5.55. The maximum Gasteiger partial charge on any atom is 0.265 e. The molecule has 1 heterocycles. The number of anilines is 2. The van der Waals surface area contributed by atoms with Crippen LogP contribution in [0.5, 0.6) is 0 Å². The minimum atomic E-state index is -0.169. The maximum absolute atomic E-state index is 12.0. The number of carbonyl (C=O) groups is 1. The number of aryl methyl sites for hydroxylation is 1. The van der Waals surface area contributed by atoms with Crippen LogP contribution in [0.3, 0.4) is 0 Å². The average Bonchev–Trinajstić information content (AvgIpc) is 2.72. The Morgan fingerprint density at radius 2 is 2.11 bits per heavy atom. The van der Waals surface area contributed by atoms with Gasteiger partial charge in [-0.25, -0.2) is 0 Å².